The molecule has 0 saturated carbocycles. The Kier molecular flexibility index (Phi) is 7.18. The summed E-state index contributed by atoms with van der Waals surface area (Å²) in [7, 11) is 0. The Morgan fingerprint density at radius 2 is 1.96 bits per heavy atom. The molecule has 0 unspecified atom stereocenters. The number of amides is 2. The van der Waals surface area contributed by atoms with Crippen LogP contribution >= 0.6 is 23.5 Å². The van der Waals surface area contributed by atoms with Gasteiger partial charge in [0.2, 0.25) is 11.8 Å². The fourth-order valence-corrected chi connectivity index (χ4v) is 4.54. The van der Waals surface area contributed by atoms with Crippen LogP contribution in [0.25, 0.3) is 0 Å². The first-order valence-electron chi connectivity index (χ1n) is 8.75. The molecule has 1 aliphatic heterocycles. The Hall–Kier alpha value is -1.99. The van der Waals surface area contributed by atoms with Crippen molar-refractivity contribution in [2.75, 3.05) is 29.5 Å². The molecule has 0 atom stereocenters. The van der Waals surface area contributed by atoms with E-state index in [2.05, 4.69) is 5.32 Å². The number of carbonyl (C=O) groups is 2. The van der Waals surface area contributed by atoms with E-state index < -0.39 is 0 Å². The summed E-state index contributed by atoms with van der Waals surface area (Å²) in [5, 5.41) is 2.87. The van der Waals surface area contributed by atoms with Gasteiger partial charge in [-0.15, -0.1) is 11.8 Å². The predicted molar refractivity (Wildman–Crippen MR) is 110 cm³/mol. The third kappa shape index (κ3) is 5.49. The first kappa shape index (κ1) is 19.8. The van der Waals surface area contributed by atoms with E-state index in [0.29, 0.717) is 35.9 Å². The van der Waals surface area contributed by atoms with Crippen molar-refractivity contribution in [1.82, 2.24) is 5.32 Å². The lowest BCUT2D eigenvalue weighted by Gasteiger charge is -2.28. The largest absolute Gasteiger partial charge is 0.355 e. The van der Waals surface area contributed by atoms with Crippen LogP contribution in [0.4, 0.5) is 10.1 Å². The van der Waals surface area contributed by atoms with Crippen molar-refractivity contribution >= 4 is 41.0 Å². The summed E-state index contributed by atoms with van der Waals surface area (Å²) in [4.78, 5) is 27.0. The highest BCUT2D eigenvalue weighted by Gasteiger charge is 2.24. The number of anilines is 1. The minimum absolute atomic E-state index is 0.0342. The molecule has 0 aliphatic carbocycles. The molecule has 142 valence electrons. The number of benzene rings is 2. The summed E-state index contributed by atoms with van der Waals surface area (Å²) < 4.78 is 13.5. The molecule has 4 nitrogen and oxygen atoms in total. The van der Waals surface area contributed by atoms with Gasteiger partial charge in [0, 0.05) is 35.9 Å². The van der Waals surface area contributed by atoms with Crippen LogP contribution in [-0.2, 0) is 15.3 Å². The lowest BCUT2D eigenvalue weighted by molar-refractivity contribution is -0.120. The second-order valence-corrected chi connectivity index (χ2v) is 8.17. The van der Waals surface area contributed by atoms with E-state index in [4.69, 9.17) is 0 Å². The van der Waals surface area contributed by atoms with E-state index >= 15 is 0 Å². The minimum atomic E-state index is -0.196. The van der Waals surface area contributed by atoms with E-state index in [0.717, 1.165) is 10.6 Å². The van der Waals surface area contributed by atoms with Crippen LogP contribution in [0.1, 0.15) is 12.0 Å². The molecule has 0 fully saturated rings. The third-order valence-electron chi connectivity index (χ3n) is 4.15. The maximum absolute atomic E-state index is 13.5. The number of fused-ring (bicyclic) bond motifs is 1. The molecule has 0 radical (unpaired) electrons. The van der Waals surface area contributed by atoms with Crippen molar-refractivity contribution in [3.05, 3.63) is 59.9 Å². The summed E-state index contributed by atoms with van der Waals surface area (Å²) in [5.74, 6) is 1.46. The van der Waals surface area contributed by atoms with Gasteiger partial charge in [0.1, 0.15) is 5.82 Å². The van der Waals surface area contributed by atoms with Gasteiger partial charge in [-0.3, -0.25) is 9.59 Å². The van der Waals surface area contributed by atoms with E-state index in [1.54, 1.807) is 28.8 Å². The number of hydrogen-bond acceptors (Lipinski definition) is 4. The molecule has 7 heteroatoms. The normalized spacial score (nSPS) is 13.4. The summed E-state index contributed by atoms with van der Waals surface area (Å²) in [6, 6.07) is 14.5. The molecule has 2 aromatic rings. The molecule has 0 spiro atoms. The number of nitrogens with one attached hydrogen (secondary N) is 1. The smallest absolute Gasteiger partial charge is 0.237 e. The Bertz CT molecular complexity index is 816. The number of para-hydroxylation sites is 1. The molecule has 1 heterocycles. The number of hydrogen-bond donors (Lipinski definition) is 1. The fourth-order valence-electron chi connectivity index (χ4n) is 2.76. The van der Waals surface area contributed by atoms with Crippen LogP contribution in [0.2, 0.25) is 0 Å². The fraction of sp³-hybridized carbons (Fsp3) is 0.300. The molecular formula is C20H21FN2O2S2. The number of rotatable bonds is 8. The highest BCUT2D eigenvalue weighted by Crippen LogP contribution is 2.34. The molecule has 2 amide bonds. The molecule has 0 saturated heterocycles. The first-order chi connectivity index (χ1) is 13.1. The summed E-state index contributed by atoms with van der Waals surface area (Å²) in [6.07, 6.45) is 0.267. The highest BCUT2D eigenvalue weighted by atomic mass is 32.2. The quantitative estimate of drug-likeness (QED) is 0.682. The number of thioether (sulfide) groups is 2. The zero-order valence-electron chi connectivity index (χ0n) is 14.8. The van der Waals surface area contributed by atoms with Crippen LogP contribution in [0.3, 0.4) is 0 Å². The van der Waals surface area contributed by atoms with Crippen molar-refractivity contribution in [3.63, 3.8) is 0 Å². The van der Waals surface area contributed by atoms with Gasteiger partial charge in [0.15, 0.2) is 0 Å². The van der Waals surface area contributed by atoms with Crippen LogP contribution in [0.5, 0.6) is 0 Å². The van der Waals surface area contributed by atoms with Crippen LogP contribution in [0, 0.1) is 5.82 Å². The summed E-state index contributed by atoms with van der Waals surface area (Å²) in [6.45, 7) is 0.906. The van der Waals surface area contributed by atoms with Gasteiger partial charge >= 0.3 is 0 Å². The van der Waals surface area contributed by atoms with E-state index in [-0.39, 0.29) is 24.1 Å². The van der Waals surface area contributed by atoms with Crippen molar-refractivity contribution in [3.8, 4) is 0 Å². The standard InChI is InChI=1S/C20H21FN2O2S2/c21-16-6-2-1-5-15(16)13-26-12-10-22-19(24)9-11-23-17-7-3-4-8-18(17)27-14-20(23)25/h1-8H,9-14H2,(H,22,24). The van der Waals surface area contributed by atoms with Crippen molar-refractivity contribution in [1.29, 1.82) is 0 Å². The van der Waals surface area contributed by atoms with Gasteiger partial charge in [-0.25, -0.2) is 4.39 Å². The van der Waals surface area contributed by atoms with Crippen LogP contribution in [0.15, 0.2) is 53.4 Å². The Balaban J connectivity index is 1.38. The lowest BCUT2D eigenvalue weighted by atomic mass is 10.2. The Morgan fingerprint density at radius 3 is 2.81 bits per heavy atom. The molecule has 1 aliphatic rings. The molecule has 0 bridgehead atoms. The van der Waals surface area contributed by atoms with Gasteiger partial charge in [-0.2, -0.15) is 11.8 Å². The maximum atomic E-state index is 13.5. The average Bonchev–Trinajstić information content (AvgIpc) is 2.68. The SMILES string of the molecule is O=C(CCN1C(=O)CSc2ccccc21)NCCSCc1ccccc1F. The van der Waals surface area contributed by atoms with E-state index in [1.165, 1.54) is 17.8 Å². The Morgan fingerprint density at radius 1 is 1.19 bits per heavy atom. The van der Waals surface area contributed by atoms with Gasteiger partial charge in [0.05, 0.1) is 11.4 Å². The van der Waals surface area contributed by atoms with Crippen LogP contribution < -0.4 is 10.2 Å². The summed E-state index contributed by atoms with van der Waals surface area (Å²) in [5.41, 5.74) is 1.56. The molecular weight excluding hydrogens is 383 g/mol. The van der Waals surface area contributed by atoms with Gasteiger partial charge < -0.3 is 10.2 Å². The van der Waals surface area contributed by atoms with Crippen LogP contribution in [-0.4, -0.2) is 36.4 Å². The van der Waals surface area contributed by atoms with Gasteiger partial charge in [0.25, 0.3) is 0 Å². The second-order valence-electron chi connectivity index (χ2n) is 6.05. The maximum Gasteiger partial charge on any atom is 0.237 e. The van der Waals surface area contributed by atoms with E-state index in [1.807, 2.05) is 30.3 Å². The summed E-state index contributed by atoms with van der Waals surface area (Å²) >= 11 is 3.11. The topological polar surface area (TPSA) is 49.4 Å². The molecule has 27 heavy (non-hydrogen) atoms. The molecule has 1 N–H and O–H groups in total. The highest BCUT2D eigenvalue weighted by molar-refractivity contribution is 8.00. The molecule has 0 aromatic heterocycles. The predicted octanol–water partition coefficient (Wildman–Crippen LogP) is 3.70. The number of nitrogens with zero attached hydrogens (tertiary/aromatic N) is 1. The number of halogens is 1. The third-order valence-corrected chi connectivity index (χ3v) is 6.21. The second kappa shape index (κ2) is 9.80. The zero-order chi connectivity index (χ0) is 19.1. The van der Waals surface area contributed by atoms with Crippen molar-refractivity contribution in [2.45, 2.75) is 17.1 Å². The van der Waals surface area contributed by atoms with Crippen molar-refractivity contribution < 1.29 is 14.0 Å². The zero-order valence-corrected chi connectivity index (χ0v) is 16.5. The molecule has 2 aromatic carbocycles. The van der Waals surface area contributed by atoms with E-state index in [9.17, 15) is 14.0 Å². The van der Waals surface area contributed by atoms with Gasteiger partial charge in [-0.05, 0) is 23.8 Å². The van der Waals surface area contributed by atoms with Gasteiger partial charge in [-0.1, -0.05) is 30.3 Å². The average molecular weight is 405 g/mol. The Labute approximate surface area is 166 Å². The minimum Gasteiger partial charge on any atom is -0.355 e. The molecule has 3 rings (SSSR count). The lowest BCUT2D eigenvalue weighted by Crippen LogP contribution is -2.38. The number of carbonyl (C=O) groups excluding carboxylic acids is 2. The van der Waals surface area contributed by atoms with Crippen molar-refractivity contribution in [2.24, 2.45) is 0 Å². The first-order valence-corrected chi connectivity index (χ1v) is 10.9. The monoisotopic (exact) mass is 404 g/mol.